The summed E-state index contributed by atoms with van der Waals surface area (Å²) in [7, 11) is 0. The highest BCUT2D eigenvalue weighted by atomic mass is 16.2. The van der Waals surface area contributed by atoms with Crippen LogP contribution in [0.2, 0.25) is 0 Å². The first-order chi connectivity index (χ1) is 21.8. The van der Waals surface area contributed by atoms with Crippen molar-refractivity contribution >= 4 is 34.9 Å². The first-order valence-corrected chi connectivity index (χ1v) is 16.3. The monoisotopic (exact) mass is 611 g/mol. The van der Waals surface area contributed by atoms with E-state index in [-0.39, 0.29) is 29.2 Å². The van der Waals surface area contributed by atoms with Gasteiger partial charge in [-0.3, -0.25) is 9.78 Å². The molecule has 3 amide bonds. The molecular formula is C34H45N9O2. The van der Waals surface area contributed by atoms with Crippen LogP contribution in [0.3, 0.4) is 0 Å². The van der Waals surface area contributed by atoms with Crippen molar-refractivity contribution in [1.82, 2.24) is 25.2 Å². The van der Waals surface area contributed by atoms with Crippen LogP contribution in [0.4, 0.5) is 27.8 Å². The van der Waals surface area contributed by atoms with Gasteiger partial charge in [0, 0.05) is 30.5 Å². The Labute approximate surface area is 265 Å². The second-order valence-electron chi connectivity index (χ2n) is 13.0. The lowest BCUT2D eigenvalue weighted by Crippen LogP contribution is -2.55. The predicted molar refractivity (Wildman–Crippen MR) is 177 cm³/mol. The fourth-order valence-electron chi connectivity index (χ4n) is 7.25. The van der Waals surface area contributed by atoms with E-state index in [0.29, 0.717) is 17.3 Å². The lowest BCUT2D eigenvalue weighted by molar-refractivity contribution is 0.0996. The van der Waals surface area contributed by atoms with Crippen LogP contribution in [0.15, 0.2) is 55.0 Å². The first-order valence-electron chi connectivity index (χ1n) is 16.3. The number of rotatable bonds is 8. The van der Waals surface area contributed by atoms with Crippen molar-refractivity contribution in [2.24, 2.45) is 5.73 Å². The minimum Gasteiger partial charge on any atom is -0.364 e. The molecule has 1 aliphatic carbocycles. The number of piperidine rings is 2. The first kappa shape index (κ1) is 30.8. The van der Waals surface area contributed by atoms with Gasteiger partial charge in [-0.15, -0.1) is 0 Å². The highest BCUT2D eigenvalue weighted by molar-refractivity contribution is 5.96. The summed E-state index contributed by atoms with van der Waals surface area (Å²) in [6.07, 6.45) is 14.3. The number of nitrogens with zero attached hydrogens (tertiary/aromatic N) is 5. The van der Waals surface area contributed by atoms with Crippen molar-refractivity contribution in [3.05, 3.63) is 66.2 Å². The number of likely N-dealkylation sites (tertiary alicyclic amines) is 1. The van der Waals surface area contributed by atoms with Gasteiger partial charge in [0.2, 0.25) is 0 Å². The quantitative estimate of drug-likeness (QED) is 0.273. The average Bonchev–Trinajstić information content (AvgIpc) is 3.58. The number of hydrogen-bond acceptors (Lipinski definition) is 8. The summed E-state index contributed by atoms with van der Waals surface area (Å²) in [6.45, 7) is 7.51. The van der Waals surface area contributed by atoms with Crippen LogP contribution in [0, 0.1) is 0 Å². The fraction of sp³-hybridized carbons (Fsp3) is 0.500. The van der Waals surface area contributed by atoms with Crippen molar-refractivity contribution < 1.29 is 9.59 Å². The summed E-state index contributed by atoms with van der Waals surface area (Å²) < 4.78 is 0. The number of carbonyl (C=O) groups is 2. The van der Waals surface area contributed by atoms with E-state index in [9.17, 15) is 9.59 Å². The van der Waals surface area contributed by atoms with Gasteiger partial charge in [-0.2, -0.15) is 0 Å². The molecule has 0 radical (unpaired) electrons. The second kappa shape index (κ2) is 13.4. The molecule has 3 fully saturated rings. The zero-order valence-electron chi connectivity index (χ0n) is 26.3. The Balaban J connectivity index is 1.13. The minimum absolute atomic E-state index is 0.0555. The Hall–Kier alpha value is -4.25. The van der Waals surface area contributed by atoms with Crippen LogP contribution >= 0.6 is 0 Å². The maximum Gasteiger partial charge on any atom is 0.319 e. The van der Waals surface area contributed by atoms with Crippen LogP contribution in [-0.4, -0.2) is 69.5 Å². The number of nitrogens with two attached hydrogens (primary N) is 1. The third-order valence-corrected chi connectivity index (χ3v) is 10.1. The molecule has 11 nitrogen and oxygen atoms in total. The third-order valence-electron chi connectivity index (χ3n) is 10.1. The number of benzene rings is 1. The highest BCUT2D eigenvalue weighted by Gasteiger charge is 2.35. The maximum absolute atomic E-state index is 12.7. The second-order valence-corrected chi connectivity index (χ2v) is 13.0. The molecule has 4 heterocycles. The average molecular weight is 612 g/mol. The van der Waals surface area contributed by atoms with Crippen LogP contribution in [0.1, 0.15) is 81.3 Å². The van der Waals surface area contributed by atoms with E-state index in [1.165, 1.54) is 31.2 Å². The van der Waals surface area contributed by atoms with Gasteiger partial charge in [0.15, 0.2) is 11.5 Å². The number of hydrogen-bond donors (Lipinski definition) is 4. The van der Waals surface area contributed by atoms with Crippen molar-refractivity contribution in [1.29, 1.82) is 0 Å². The standard InChI is InChI=1S/C34H45N9O2/c1-23-28(40-33(45)39-26-7-5-17-36-21-26)10-6-18-43(23)29-22-37-30(31(35)44)32(41-29)38-25-13-11-24(12-14-25)34(2)15-19-42(20-16-34)27-8-3-4-9-27/h5,7,11-14,17,21-23,27-28H,3-4,6,8-10,15-16,18-20H2,1-2H3,(H2,35,44)(H,38,41)(H2,39,40,45)/t23-,28-/m1/s1. The van der Waals surface area contributed by atoms with Gasteiger partial charge in [-0.1, -0.05) is 31.9 Å². The molecule has 3 aliphatic rings. The number of nitrogens with one attached hydrogen (secondary N) is 3. The summed E-state index contributed by atoms with van der Waals surface area (Å²) in [5.41, 5.74) is 8.72. The normalized spacial score (nSPS) is 22.1. The molecule has 2 aliphatic heterocycles. The lowest BCUT2D eigenvalue weighted by Gasteiger charge is -2.42. The Morgan fingerprint density at radius 2 is 1.71 bits per heavy atom. The number of primary amides is 1. The number of amides is 3. The molecular weight excluding hydrogens is 566 g/mol. The van der Waals surface area contributed by atoms with Crippen LogP contribution in [0.25, 0.3) is 0 Å². The van der Waals surface area contributed by atoms with Gasteiger partial charge in [-0.05, 0) is 93.8 Å². The van der Waals surface area contributed by atoms with E-state index < -0.39 is 5.91 Å². The van der Waals surface area contributed by atoms with Crippen molar-refractivity contribution in [3.8, 4) is 0 Å². The molecule has 1 aromatic carbocycles. The minimum atomic E-state index is -0.645. The largest absolute Gasteiger partial charge is 0.364 e. The summed E-state index contributed by atoms with van der Waals surface area (Å²) in [5, 5.41) is 9.24. The smallest absolute Gasteiger partial charge is 0.319 e. The van der Waals surface area contributed by atoms with Gasteiger partial charge >= 0.3 is 6.03 Å². The van der Waals surface area contributed by atoms with E-state index >= 15 is 0 Å². The van der Waals surface area contributed by atoms with Gasteiger partial charge < -0.3 is 31.5 Å². The van der Waals surface area contributed by atoms with Gasteiger partial charge in [0.1, 0.15) is 5.82 Å². The molecule has 0 bridgehead atoms. The van der Waals surface area contributed by atoms with E-state index in [0.717, 1.165) is 57.0 Å². The molecule has 2 atom stereocenters. The molecule has 0 spiro atoms. The van der Waals surface area contributed by atoms with E-state index in [1.807, 2.05) is 12.1 Å². The number of aromatic nitrogens is 3. The maximum atomic E-state index is 12.7. The van der Waals surface area contributed by atoms with Crippen LogP contribution in [-0.2, 0) is 5.41 Å². The predicted octanol–water partition coefficient (Wildman–Crippen LogP) is 5.19. The van der Waals surface area contributed by atoms with Crippen molar-refractivity contribution in [2.75, 3.05) is 35.2 Å². The summed E-state index contributed by atoms with van der Waals surface area (Å²) in [4.78, 5) is 43.1. The Morgan fingerprint density at radius 1 is 0.956 bits per heavy atom. The summed E-state index contributed by atoms with van der Waals surface area (Å²) >= 11 is 0. The van der Waals surface area contributed by atoms with Gasteiger partial charge in [0.05, 0.1) is 24.1 Å². The highest BCUT2D eigenvalue weighted by Crippen LogP contribution is 2.38. The van der Waals surface area contributed by atoms with E-state index in [2.05, 4.69) is 61.7 Å². The molecule has 5 N–H and O–H groups in total. The SMILES string of the molecule is C[C@@H]1[C@H](NC(=O)Nc2cccnc2)CCCN1c1cnc(C(N)=O)c(Nc2ccc(C3(C)CCN(C4CCCC4)CC3)cc2)n1. The molecule has 11 heteroatoms. The molecule has 2 saturated heterocycles. The number of anilines is 4. The molecule has 238 valence electrons. The molecule has 0 unspecified atom stereocenters. The molecule has 2 aromatic heterocycles. The number of pyridine rings is 1. The zero-order valence-corrected chi connectivity index (χ0v) is 26.3. The number of carbonyl (C=O) groups excluding carboxylic acids is 2. The Bertz CT molecular complexity index is 1470. The molecule has 45 heavy (non-hydrogen) atoms. The van der Waals surface area contributed by atoms with E-state index in [1.54, 1.807) is 30.7 Å². The Kier molecular flexibility index (Phi) is 9.16. The number of urea groups is 1. The lowest BCUT2D eigenvalue weighted by atomic mass is 9.74. The molecule has 1 saturated carbocycles. The zero-order chi connectivity index (χ0) is 31.4. The fourth-order valence-corrected chi connectivity index (χ4v) is 7.25. The van der Waals surface area contributed by atoms with Crippen molar-refractivity contribution in [3.63, 3.8) is 0 Å². The van der Waals surface area contributed by atoms with Gasteiger partial charge in [0.25, 0.3) is 5.91 Å². The van der Waals surface area contributed by atoms with Crippen LogP contribution < -0.4 is 26.6 Å². The summed E-state index contributed by atoms with van der Waals surface area (Å²) in [5.74, 6) is 0.292. The molecule has 3 aromatic rings. The van der Waals surface area contributed by atoms with Gasteiger partial charge in [-0.25, -0.2) is 14.8 Å². The third kappa shape index (κ3) is 7.03. The van der Waals surface area contributed by atoms with E-state index in [4.69, 9.17) is 10.7 Å². The van der Waals surface area contributed by atoms with Crippen molar-refractivity contribution in [2.45, 2.75) is 88.8 Å². The topological polar surface area (TPSA) is 141 Å². The Morgan fingerprint density at radius 3 is 2.40 bits per heavy atom. The van der Waals surface area contributed by atoms with Crippen LogP contribution in [0.5, 0.6) is 0 Å². The molecule has 6 rings (SSSR count). The summed E-state index contributed by atoms with van der Waals surface area (Å²) in [6, 6.07) is 12.4.